The maximum absolute atomic E-state index is 13.0. The van der Waals surface area contributed by atoms with Gasteiger partial charge >= 0.3 is 6.03 Å². The van der Waals surface area contributed by atoms with Crippen molar-refractivity contribution in [3.63, 3.8) is 0 Å². The Balaban J connectivity index is 1.53. The maximum atomic E-state index is 13.0. The van der Waals surface area contributed by atoms with Gasteiger partial charge in [-0.3, -0.25) is 0 Å². The Kier molecular flexibility index (Phi) is 7.70. The first-order valence-electron chi connectivity index (χ1n) is 10.4. The molecule has 7 nitrogen and oxygen atoms in total. The second-order valence-corrected chi connectivity index (χ2v) is 9.36. The van der Waals surface area contributed by atoms with Crippen LogP contribution in [0.15, 0.2) is 59.5 Å². The summed E-state index contributed by atoms with van der Waals surface area (Å²) in [5.41, 5.74) is 1.43. The van der Waals surface area contributed by atoms with E-state index in [9.17, 15) is 13.2 Å². The molecular weight excluding hydrogens is 400 g/mol. The molecule has 2 aromatic rings. The number of sulfonamides is 1. The number of carbonyl (C=O) groups excluding carboxylic acids is 1. The summed E-state index contributed by atoms with van der Waals surface area (Å²) in [6.45, 7) is 2.34. The number of para-hydroxylation sites is 2. The lowest BCUT2D eigenvalue weighted by atomic mass is 10.2. The number of nitrogens with one attached hydrogen (secondary N) is 2. The molecule has 1 aliphatic rings. The molecule has 1 aliphatic heterocycles. The van der Waals surface area contributed by atoms with E-state index in [1.54, 1.807) is 24.3 Å². The molecule has 8 heteroatoms. The lowest BCUT2D eigenvalue weighted by Gasteiger charge is -2.26. The number of hydrogen-bond donors (Lipinski definition) is 2. The van der Waals surface area contributed by atoms with Crippen molar-refractivity contribution in [2.75, 3.05) is 43.4 Å². The number of piperidine rings is 1. The summed E-state index contributed by atoms with van der Waals surface area (Å²) in [6, 6.07) is 16.2. The Morgan fingerprint density at radius 2 is 1.67 bits per heavy atom. The summed E-state index contributed by atoms with van der Waals surface area (Å²) >= 11 is 0. The Bertz CT molecular complexity index is 928. The van der Waals surface area contributed by atoms with Gasteiger partial charge < -0.3 is 15.5 Å². The molecule has 0 aromatic heterocycles. The van der Waals surface area contributed by atoms with Crippen LogP contribution in [-0.2, 0) is 10.0 Å². The summed E-state index contributed by atoms with van der Waals surface area (Å²) in [6.07, 6.45) is 3.56. The van der Waals surface area contributed by atoms with Gasteiger partial charge in [0.15, 0.2) is 0 Å². The molecule has 0 aliphatic carbocycles. The molecule has 0 spiro atoms. The molecule has 1 heterocycles. The van der Waals surface area contributed by atoms with Crippen molar-refractivity contribution in [2.45, 2.75) is 30.6 Å². The number of carbonyl (C=O) groups is 1. The number of hydrogen-bond acceptors (Lipinski definition) is 4. The van der Waals surface area contributed by atoms with E-state index in [0.717, 1.165) is 37.9 Å². The lowest BCUT2D eigenvalue weighted by molar-refractivity contribution is 0.252. The Labute approximate surface area is 179 Å². The maximum Gasteiger partial charge on any atom is 0.319 e. The highest BCUT2D eigenvalue weighted by Crippen LogP contribution is 2.26. The van der Waals surface area contributed by atoms with Gasteiger partial charge in [-0.05, 0) is 43.5 Å². The molecule has 1 saturated heterocycles. The number of benzene rings is 2. The fourth-order valence-corrected chi connectivity index (χ4v) is 5.20. The number of amides is 2. The van der Waals surface area contributed by atoms with E-state index < -0.39 is 16.1 Å². The van der Waals surface area contributed by atoms with E-state index in [4.69, 9.17) is 0 Å². The molecular formula is C22H30N4O3S. The standard InChI is InChI=1S/C22H30N4O3S/c1-25(19-11-4-2-5-12-19)16-10-15-23-22(27)24-20-13-6-7-14-21(20)30(28,29)26-17-8-3-9-18-26/h2,4-7,11-14H,3,8-10,15-18H2,1H3,(H2,23,24,27). The summed E-state index contributed by atoms with van der Waals surface area (Å²) in [5, 5.41) is 5.52. The van der Waals surface area contributed by atoms with Crippen LogP contribution in [0.5, 0.6) is 0 Å². The van der Waals surface area contributed by atoms with Crippen molar-refractivity contribution < 1.29 is 13.2 Å². The molecule has 30 heavy (non-hydrogen) atoms. The topological polar surface area (TPSA) is 81.8 Å². The van der Waals surface area contributed by atoms with Gasteiger partial charge in [0, 0.05) is 38.9 Å². The van der Waals surface area contributed by atoms with Crippen molar-refractivity contribution in [3.05, 3.63) is 54.6 Å². The third-order valence-electron chi connectivity index (χ3n) is 5.22. The molecule has 0 radical (unpaired) electrons. The van der Waals surface area contributed by atoms with Crippen LogP contribution < -0.4 is 15.5 Å². The van der Waals surface area contributed by atoms with E-state index >= 15 is 0 Å². The first-order valence-corrected chi connectivity index (χ1v) is 11.8. The molecule has 3 rings (SSSR count). The van der Waals surface area contributed by atoms with Crippen molar-refractivity contribution in [3.8, 4) is 0 Å². The molecule has 0 bridgehead atoms. The van der Waals surface area contributed by atoms with Gasteiger partial charge in [-0.15, -0.1) is 0 Å². The molecule has 0 unspecified atom stereocenters. The number of rotatable bonds is 8. The summed E-state index contributed by atoms with van der Waals surface area (Å²) in [4.78, 5) is 14.6. The zero-order chi connectivity index (χ0) is 21.4. The zero-order valence-electron chi connectivity index (χ0n) is 17.4. The predicted octanol–water partition coefficient (Wildman–Crippen LogP) is 3.51. The summed E-state index contributed by atoms with van der Waals surface area (Å²) in [5.74, 6) is 0. The first kappa shape index (κ1) is 22.1. The fraction of sp³-hybridized carbons (Fsp3) is 0.409. The number of anilines is 2. The fourth-order valence-electron chi connectivity index (χ4n) is 3.54. The van der Waals surface area contributed by atoms with Gasteiger partial charge in [0.1, 0.15) is 4.90 Å². The number of urea groups is 1. The monoisotopic (exact) mass is 430 g/mol. The highest BCUT2D eigenvalue weighted by atomic mass is 32.2. The highest BCUT2D eigenvalue weighted by Gasteiger charge is 2.28. The molecule has 2 aromatic carbocycles. The number of nitrogens with zero attached hydrogens (tertiary/aromatic N) is 2. The van der Waals surface area contributed by atoms with E-state index in [1.807, 2.05) is 37.4 Å². The van der Waals surface area contributed by atoms with Gasteiger partial charge in [0.05, 0.1) is 5.69 Å². The van der Waals surface area contributed by atoms with Crippen LogP contribution in [0.3, 0.4) is 0 Å². The Morgan fingerprint density at radius 3 is 2.40 bits per heavy atom. The van der Waals surface area contributed by atoms with Crippen LogP contribution in [-0.4, -0.2) is 52.0 Å². The zero-order valence-corrected chi connectivity index (χ0v) is 18.2. The normalized spacial score (nSPS) is 14.8. The summed E-state index contributed by atoms with van der Waals surface area (Å²) < 4.78 is 27.5. The molecule has 0 atom stereocenters. The lowest BCUT2D eigenvalue weighted by Crippen LogP contribution is -2.36. The average Bonchev–Trinajstić information content (AvgIpc) is 2.78. The van der Waals surface area contributed by atoms with Crippen LogP contribution in [0.1, 0.15) is 25.7 Å². The van der Waals surface area contributed by atoms with E-state index in [1.165, 1.54) is 4.31 Å². The molecule has 162 valence electrons. The van der Waals surface area contributed by atoms with Gasteiger partial charge in [0.25, 0.3) is 0 Å². The smallest absolute Gasteiger partial charge is 0.319 e. The van der Waals surface area contributed by atoms with Gasteiger partial charge in [0.2, 0.25) is 10.0 Å². The van der Waals surface area contributed by atoms with Crippen molar-refractivity contribution in [1.82, 2.24) is 9.62 Å². The van der Waals surface area contributed by atoms with Crippen LogP contribution in [0.2, 0.25) is 0 Å². The Morgan fingerprint density at radius 1 is 1.00 bits per heavy atom. The third-order valence-corrected chi connectivity index (χ3v) is 7.18. The molecule has 2 N–H and O–H groups in total. The van der Waals surface area contributed by atoms with Crippen LogP contribution in [0.25, 0.3) is 0 Å². The second-order valence-electron chi connectivity index (χ2n) is 7.45. The van der Waals surface area contributed by atoms with E-state index in [-0.39, 0.29) is 4.90 Å². The second kappa shape index (κ2) is 10.4. The van der Waals surface area contributed by atoms with Gasteiger partial charge in [-0.25, -0.2) is 13.2 Å². The molecule has 2 amide bonds. The minimum Gasteiger partial charge on any atom is -0.375 e. The average molecular weight is 431 g/mol. The predicted molar refractivity (Wildman–Crippen MR) is 120 cm³/mol. The van der Waals surface area contributed by atoms with Crippen LogP contribution in [0.4, 0.5) is 16.2 Å². The summed E-state index contributed by atoms with van der Waals surface area (Å²) in [7, 11) is -1.61. The van der Waals surface area contributed by atoms with Gasteiger partial charge in [-0.2, -0.15) is 4.31 Å². The van der Waals surface area contributed by atoms with Crippen molar-refractivity contribution >= 4 is 27.4 Å². The van der Waals surface area contributed by atoms with Crippen LogP contribution >= 0.6 is 0 Å². The van der Waals surface area contributed by atoms with Crippen molar-refractivity contribution in [2.24, 2.45) is 0 Å². The highest BCUT2D eigenvalue weighted by molar-refractivity contribution is 7.89. The minimum atomic E-state index is -3.62. The van der Waals surface area contributed by atoms with Crippen molar-refractivity contribution in [1.29, 1.82) is 0 Å². The van der Waals surface area contributed by atoms with Gasteiger partial charge in [-0.1, -0.05) is 36.8 Å². The third kappa shape index (κ3) is 5.73. The van der Waals surface area contributed by atoms with E-state index in [2.05, 4.69) is 15.5 Å². The molecule has 0 saturated carbocycles. The minimum absolute atomic E-state index is 0.144. The Hall–Kier alpha value is -2.58. The van der Waals surface area contributed by atoms with Crippen LogP contribution in [0, 0.1) is 0 Å². The van der Waals surface area contributed by atoms with E-state index in [0.29, 0.717) is 25.3 Å². The quantitative estimate of drug-likeness (QED) is 0.628. The SMILES string of the molecule is CN(CCCNC(=O)Nc1ccccc1S(=O)(=O)N1CCCCC1)c1ccccc1. The first-order chi connectivity index (χ1) is 14.5. The largest absolute Gasteiger partial charge is 0.375 e. The molecule has 1 fully saturated rings.